The highest BCUT2D eigenvalue weighted by molar-refractivity contribution is 7.87. The molecular weight excluding hydrogens is 494 g/mol. The number of aryl methyl sites for hydroxylation is 2. The van der Waals surface area contributed by atoms with Crippen LogP contribution in [-0.2, 0) is 33.3 Å². The summed E-state index contributed by atoms with van der Waals surface area (Å²) in [4.78, 5) is 26.0. The molecule has 0 saturated heterocycles. The average molecular weight is 530 g/mol. The van der Waals surface area contributed by atoms with E-state index in [0.717, 1.165) is 21.0 Å². The molecule has 1 unspecified atom stereocenters. The highest BCUT2D eigenvalue weighted by Gasteiger charge is 2.33. The molecule has 1 heterocycles. The van der Waals surface area contributed by atoms with E-state index >= 15 is 0 Å². The van der Waals surface area contributed by atoms with Gasteiger partial charge in [-0.15, -0.1) is 0 Å². The van der Waals surface area contributed by atoms with Gasteiger partial charge in [0.15, 0.2) is 6.10 Å². The minimum atomic E-state index is -3.65. The van der Waals surface area contributed by atoms with Gasteiger partial charge in [0.05, 0.1) is 11.3 Å². The Morgan fingerprint density at radius 1 is 1.08 bits per heavy atom. The summed E-state index contributed by atoms with van der Waals surface area (Å²) in [5, 5.41) is 11.1. The molecule has 1 aromatic heterocycles. The maximum atomic E-state index is 13.6. The van der Waals surface area contributed by atoms with Gasteiger partial charge in [-0.25, -0.2) is 4.79 Å². The highest BCUT2D eigenvalue weighted by Crippen LogP contribution is 2.37. The van der Waals surface area contributed by atoms with E-state index in [2.05, 4.69) is 4.72 Å². The molecule has 200 valence electrons. The average Bonchev–Trinajstić information content (AvgIpc) is 2.79. The third-order valence-electron chi connectivity index (χ3n) is 6.18. The summed E-state index contributed by atoms with van der Waals surface area (Å²) in [6.07, 6.45) is -1.40. The van der Waals surface area contributed by atoms with E-state index in [-0.39, 0.29) is 12.2 Å². The van der Waals surface area contributed by atoms with Crippen molar-refractivity contribution in [2.45, 2.75) is 52.9 Å². The summed E-state index contributed by atoms with van der Waals surface area (Å²) in [7, 11) is 0.728. The molecule has 0 amide bonds. The number of rotatable bonds is 8. The van der Waals surface area contributed by atoms with Crippen LogP contribution in [0.4, 0.5) is 0 Å². The predicted octanol–water partition coefficient (Wildman–Crippen LogP) is 3.66. The van der Waals surface area contributed by atoms with Crippen LogP contribution in [0.25, 0.3) is 21.9 Å². The molecule has 1 atom stereocenters. The lowest BCUT2D eigenvalue weighted by molar-refractivity contribution is -0.161. The van der Waals surface area contributed by atoms with Crippen molar-refractivity contribution in [1.82, 2.24) is 13.6 Å². The van der Waals surface area contributed by atoms with Crippen molar-refractivity contribution in [2.24, 2.45) is 7.05 Å². The van der Waals surface area contributed by atoms with Gasteiger partial charge in [0, 0.05) is 38.6 Å². The SMILES string of the molecule is Cc1ccc(-c2c(C(OC(C)(C)C)C(=O)O)n(C)c(=O)c3cc(CNS(=O)(=O)N(C)C)ccc23)cc1C. The smallest absolute Gasteiger partial charge is 0.339 e. The largest absolute Gasteiger partial charge is 0.479 e. The van der Waals surface area contributed by atoms with Gasteiger partial charge in [-0.05, 0) is 68.3 Å². The molecule has 3 rings (SSSR count). The Labute approximate surface area is 217 Å². The fraction of sp³-hybridized carbons (Fsp3) is 0.407. The minimum absolute atomic E-state index is 0.00871. The first-order chi connectivity index (χ1) is 17.0. The molecule has 0 saturated carbocycles. The van der Waals surface area contributed by atoms with E-state index in [4.69, 9.17) is 4.74 Å². The first kappa shape index (κ1) is 28.5. The predicted molar refractivity (Wildman–Crippen MR) is 145 cm³/mol. The van der Waals surface area contributed by atoms with Crippen LogP contribution >= 0.6 is 0 Å². The topological polar surface area (TPSA) is 118 Å². The molecule has 0 fully saturated rings. The standard InChI is InChI=1S/C27H35N3O6S/c1-16-9-11-19(13-17(16)2)22-20-12-10-18(15-28-37(34,35)29(6)7)14-21(20)25(31)30(8)23(22)24(26(32)33)36-27(3,4)5/h9-14,24,28H,15H2,1-8H3,(H,32,33). The Balaban J connectivity index is 2.35. The monoisotopic (exact) mass is 529 g/mol. The second-order valence-electron chi connectivity index (χ2n) is 10.4. The third-order valence-corrected chi connectivity index (χ3v) is 7.66. The number of carboxylic acids is 1. The van der Waals surface area contributed by atoms with E-state index < -0.39 is 33.4 Å². The molecule has 9 nitrogen and oxygen atoms in total. The Kier molecular flexibility index (Phi) is 7.99. The van der Waals surface area contributed by atoms with Crippen molar-refractivity contribution in [2.75, 3.05) is 14.1 Å². The van der Waals surface area contributed by atoms with Crippen molar-refractivity contribution < 1.29 is 23.1 Å². The van der Waals surface area contributed by atoms with Crippen molar-refractivity contribution in [3.63, 3.8) is 0 Å². The number of aliphatic carboxylic acids is 1. The fourth-order valence-corrected chi connectivity index (χ4v) is 4.69. The van der Waals surface area contributed by atoms with Gasteiger partial charge in [0.1, 0.15) is 0 Å². The van der Waals surface area contributed by atoms with Crippen LogP contribution in [0.15, 0.2) is 41.2 Å². The summed E-state index contributed by atoms with van der Waals surface area (Å²) in [5.41, 5.74) is 3.07. The normalized spacial score (nSPS) is 13.3. The van der Waals surface area contributed by atoms with E-state index in [0.29, 0.717) is 21.9 Å². The Bertz CT molecular complexity index is 1520. The molecule has 0 radical (unpaired) electrons. The quantitative estimate of drug-likeness (QED) is 0.460. The van der Waals surface area contributed by atoms with E-state index in [9.17, 15) is 23.1 Å². The Morgan fingerprint density at radius 3 is 2.27 bits per heavy atom. The highest BCUT2D eigenvalue weighted by atomic mass is 32.2. The first-order valence-electron chi connectivity index (χ1n) is 11.8. The van der Waals surface area contributed by atoms with Crippen LogP contribution in [0.3, 0.4) is 0 Å². The maximum Gasteiger partial charge on any atom is 0.339 e. The van der Waals surface area contributed by atoms with Crippen LogP contribution in [0, 0.1) is 13.8 Å². The summed E-state index contributed by atoms with van der Waals surface area (Å²) in [6, 6.07) is 10.9. The number of benzene rings is 2. The van der Waals surface area contributed by atoms with Crippen LogP contribution < -0.4 is 10.3 Å². The van der Waals surface area contributed by atoms with Crippen molar-refractivity contribution in [3.8, 4) is 11.1 Å². The minimum Gasteiger partial charge on any atom is -0.479 e. The molecule has 10 heteroatoms. The molecule has 2 N–H and O–H groups in total. The fourth-order valence-electron chi connectivity index (χ4n) is 4.08. The first-order valence-corrected chi connectivity index (χ1v) is 13.3. The number of hydrogen-bond acceptors (Lipinski definition) is 5. The lowest BCUT2D eigenvalue weighted by Crippen LogP contribution is -2.35. The number of nitrogens with zero attached hydrogens (tertiary/aromatic N) is 2. The van der Waals surface area contributed by atoms with Gasteiger partial charge in [-0.1, -0.05) is 30.3 Å². The van der Waals surface area contributed by atoms with E-state index in [1.165, 1.54) is 25.7 Å². The number of ether oxygens (including phenoxy) is 1. The zero-order chi connectivity index (χ0) is 27.9. The molecular formula is C27H35N3O6S. The molecule has 3 aromatic rings. The summed E-state index contributed by atoms with van der Waals surface area (Å²) >= 11 is 0. The summed E-state index contributed by atoms with van der Waals surface area (Å²) in [5.74, 6) is -1.20. The van der Waals surface area contributed by atoms with Crippen molar-refractivity contribution in [1.29, 1.82) is 0 Å². The van der Waals surface area contributed by atoms with Crippen LogP contribution in [0.5, 0.6) is 0 Å². The number of aromatic nitrogens is 1. The molecule has 0 bridgehead atoms. The number of pyridine rings is 1. The van der Waals surface area contributed by atoms with Crippen LogP contribution in [0.2, 0.25) is 0 Å². The van der Waals surface area contributed by atoms with Gasteiger partial charge in [-0.3, -0.25) is 4.79 Å². The van der Waals surface area contributed by atoms with Gasteiger partial charge in [0.25, 0.3) is 15.8 Å². The number of carbonyl (C=O) groups is 1. The molecule has 0 aliphatic rings. The zero-order valence-electron chi connectivity index (χ0n) is 22.5. The summed E-state index contributed by atoms with van der Waals surface area (Å²) < 4.78 is 35.2. The molecule has 2 aromatic carbocycles. The van der Waals surface area contributed by atoms with Crippen molar-refractivity contribution in [3.05, 3.63) is 69.1 Å². The van der Waals surface area contributed by atoms with Gasteiger partial charge < -0.3 is 14.4 Å². The molecule has 37 heavy (non-hydrogen) atoms. The Morgan fingerprint density at radius 2 is 1.73 bits per heavy atom. The summed E-state index contributed by atoms with van der Waals surface area (Å²) in [6.45, 7) is 9.24. The third kappa shape index (κ3) is 6.10. The lowest BCUT2D eigenvalue weighted by Gasteiger charge is -2.28. The lowest BCUT2D eigenvalue weighted by atomic mass is 9.91. The molecule has 0 aliphatic carbocycles. The van der Waals surface area contributed by atoms with Crippen molar-refractivity contribution >= 4 is 27.0 Å². The number of hydrogen-bond donors (Lipinski definition) is 2. The van der Waals surface area contributed by atoms with Gasteiger partial charge >= 0.3 is 5.97 Å². The second kappa shape index (κ2) is 10.4. The molecule has 0 spiro atoms. The number of fused-ring (bicyclic) bond motifs is 1. The zero-order valence-corrected chi connectivity index (χ0v) is 23.4. The number of carboxylic acid groups (broad SMARTS) is 1. The Hall–Kier alpha value is -3.05. The van der Waals surface area contributed by atoms with Gasteiger partial charge in [-0.2, -0.15) is 17.4 Å². The molecule has 0 aliphatic heterocycles. The van der Waals surface area contributed by atoms with Crippen LogP contribution in [0.1, 0.15) is 49.3 Å². The van der Waals surface area contributed by atoms with E-state index in [1.807, 2.05) is 32.0 Å². The van der Waals surface area contributed by atoms with Crippen LogP contribution in [-0.4, -0.2) is 48.1 Å². The van der Waals surface area contributed by atoms with Gasteiger partial charge in [0.2, 0.25) is 0 Å². The van der Waals surface area contributed by atoms with E-state index in [1.54, 1.807) is 39.0 Å². The number of nitrogens with one attached hydrogen (secondary N) is 1. The maximum absolute atomic E-state index is 13.6. The second-order valence-corrected chi connectivity index (χ2v) is 12.3.